The van der Waals surface area contributed by atoms with Crippen LogP contribution >= 0.6 is 0 Å². The van der Waals surface area contributed by atoms with Gasteiger partial charge in [0.2, 0.25) is 0 Å². The fourth-order valence-electron chi connectivity index (χ4n) is 2.27. The minimum Gasteiger partial charge on any atom is -0.305 e. The van der Waals surface area contributed by atoms with Crippen molar-refractivity contribution in [3.8, 4) is 0 Å². The molecular weight excluding hydrogens is 285 g/mol. The van der Waals surface area contributed by atoms with E-state index in [1.807, 2.05) is 43.3 Å². The second-order valence-corrected chi connectivity index (χ2v) is 6.66. The molecule has 0 bridgehead atoms. The summed E-state index contributed by atoms with van der Waals surface area (Å²) in [6, 6.07) is 14.9. The summed E-state index contributed by atoms with van der Waals surface area (Å²) in [5.41, 5.74) is 2.74. The van der Waals surface area contributed by atoms with Gasteiger partial charge in [-0.3, -0.25) is 4.21 Å². The Labute approximate surface area is 127 Å². The second-order valence-electron chi connectivity index (χ2n) is 5.18. The average Bonchev–Trinajstić information content (AvgIpc) is 2.47. The van der Waals surface area contributed by atoms with Crippen LogP contribution in [0.3, 0.4) is 0 Å². The van der Waals surface area contributed by atoms with Gasteiger partial charge < -0.3 is 5.32 Å². The van der Waals surface area contributed by atoms with E-state index in [1.165, 1.54) is 6.07 Å². The van der Waals surface area contributed by atoms with Crippen molar-refractivity contribution in [1.29, 1.82) is 0 Å². The molecule has 0 aliphatic rings. The van der Waals surface area contributed by atoms with Crippen molar-refractivity contribution in [3.63, 3.8) is 0 Å². The van der Waals surface area contributed by atoms with Gasteiger partial charge in [-0.15, -0.1) is 0 Å². The van der Waals surface area contributed by atoms with Crippen LogP contribution in [0.2, 0.25) is 0 Å². The summed E-state index contributed by atoms with van der Waals surface area (Å²) in [7, 11) is -0.920. The van der Waals surface area contributed by atoms with Crippen LogP contribution in [-0.4, -0.2) is 16.2 Å². The highest BCUT2D eigenvalue weighted by molar-refractivity contribution is 7.84. The Morgan fingerprint density at radius 2 is 1.90 bits per heavy atom. The van der Waals surface area contributed by atoms with Gasteiger partial charge in [0.15, 0.2) is 0 Å². The molecular formula is C17H20FNOS. The fourth-order valence-corrected chi connectivity index (χ4v) is 3.04. The number of nitrogens with one attached hydrogen (secondary N) is 1. The third-order valence-electron chi connectivity index (χ3n) is 3.34. The molecule has 4 heteroatoms. The Kier molecular flexibility index (Phi) is 5.65. The topological polar surface area (TPSA) is 29.1 Å². The molecule has 0 aromatic heterocycles. The number of rotatable bonds is 6. The van der Waals surface area contributed by atoms with Crippen molar-refractivity contribution in [1.82, 2.24) is 5.32 Å². The molecule has 1 N–H and O–H groups in total. The van der Waals surface area contributed by atoms with Crippen LogP contribution in [-0.2, 0) is 17.3 Å². The van der Waals surface area contributed by atoms with Gasteiger partial charge in [-0.25, -0.2) is 4.39 Å². The van der Waals surface area contributed by atoms with Crippen molar-refractivity contribution in [3.05, 3.63) is 71.0 Å². The first-order chi connectivity index (χ1) is 10.1. The molecule has 0 fully saturated rings. The van der Waals surface area contributed by atoms with Crippen molar-refractivity contribution in [2.75, 3.05) is 12.0 Å². The Morgan fingerprint density at radius 3 is 2.57 bits per heavy atom. The summed E-state index contributed by atoms with van der Waals surface area (Å²) in [5, 5.41) is 3.32. The quantitative estimate of drug-likeness (QED) is 0.887. The Balaban J connectivity index is 2.12. The van der Waals surface area contributed by atoms with Gasteiger partial charge in [-0.1, -0.05) is 48.0 Å². The molecule has 2 aromatic carbocycles. The van der Waals surface area contributed by atoms with E-state index < -0.39 is 10.8 Å². The average molecular weight is 305 g/mol. The van der Waals surface area contributed by atoms with E-state index in [0.717, 1.165) is 11.1 Å². The first kappa shape index (κ1) is 15.9. The van der Waals surface area contributed by atoms with Crippen LogP contribution in [0, 0.1) is 12.7 Å². The number of hydrogen-bond donors (Lipinski definition) is 1. The van der Waals surface area contributed by atoms with E-state index in [2.05, 4.69) is 5.32 Å². The minimum absolute atomic E-state index is 0.0445. The maximum Gasteiger partial charge on any atom is 0.127 e. The van der Waals surface area contributed by atoms with Crippen molar-refractivity contribution < 1.29 is 8.60 Å². The molecule has 2 rings (SSSR count). The van der Waals surface area contributed by atoms with Gasteiger partial charge in [0, 0.05) is 41.0 Å². The Morgan fingerprint density at radius 1 is 1.19 bits per heavy atom. The number of benzene rings is 2. The highest BCUT2D eigenvalue weighted by atomic mass is 32.2. The summed E-state index contributed by atoms with van der Waals surface area (Å²) in [6.45, 7) is 2.36. The van der Waals surface area contributed by atoms with Crippen LogP contribution in [0.5, 0.6) is 0 Å². The van der Waals surface area contributed by atoms with Crippen LogP contribution in [0.15, 0.2) is 48.5 Å². The largest absolute Gasteiger partial charge is 0.305 e. The molecule has 0 aliphatic heterocycles. The van der Waals surface area contributed by atoms with Crippen molar-refractivity contribution >= 4 is 10.8 Å². The van der Waals surface area contributed by atoms with Gasteiger partial charge >= 0.3 is 0 Å². The normalized spacial score (nSPS) is 13.9. The monoisotopic (exact) mass is 305 g/mol. The Hall–Kier alpha value is -1.52. The number of halogens is 1. The van der Waals surface area contributed by atoms with Crippen LogP contribution in [0.25, 0.3) is 0 Å². The minimum atomic E-state index is -0.920. The molecule has 0 radical (unpaired) electrons. The SMILES string of the molecule is Cc1ccc(F)c(CN[C@@H](C[S@](C)=O)c2ccccc2)c1. The molecule has 2 aromatic rings. The predicted molar refractivity (Wildman–Crippen MR) is 86.1 cm³/mol. The fraction of sp³-hybridized carbons (Fsp3) is 0.294. The van der Waals surface area contributed by atoms with E-state index in [0.29, 0.717) is 17.9 Å². The lowest BCUT2D eigenvalue weighted by Crippen LogP contribution is -2.26. The van der Waals surface area contributed by atoms with E-state index in [4.69, 9.17) is 0 Å². The predicted octanol–water partition coefficient (Wildman–Crippen LogP) is 3.34. The lowest BCUT2D eigenvalue weighted by atomic mass is 10.1. The third-order valence-corrected chi connectivity index (χ3v) is 4.15. The summed E-state index contributed by atoms with van der Waals surface area (Å²) in [4.78, 5) is 0. The number of aryl methyl sites for hydroxylation is 1. The standard InChI is InChI=1S/C17H20FNOS/c1-13-8-9-16(18)15(10-13)11-19-17(12-21(2)20)14-6-4-3-5-7-14/h3-10,17,19H,11-12H2,1-2H3/t17-,21-/m0/s1. The van der Waals surface area contributed by atoms with Crippen LogP contribution in [0.1, 0.15) is 22.7 Å². The maximum atomic E-state index is 13.8. The summed E-state index contributed by atoms with van der Waals surface area (Å²) >= 11 is 0. The molecule has 0 aliphatic carbocycles. The van der Waals surface area contributed by atoms with Gasteiger partial charge in [0.05, 0.1) is 0 Å². The molecule has 0 spiro atoms. The third kappa shape index (κ3) is 4.76. The first-order valence-corrected chi connectivity index (χ1v) is 8.62. The molecule has 0 saturated carbocycles. The maximum absolute atomic E-state index is 13.8. The molecule has 112 valence electrons. The smallest absolute Gasteiger partial charge is 0.127 e. The molecule has 2 atom stereocenters. The lowest BCUT2D eigenvalue weighted by Gasteiger charge is -2.18. The van der Waals surface area contributed by atoms with Crippen molar-refractivity contribution in [2.45, 2.75) is 19.5 Å². The van der Waals surface area contributed by atoms with Crippen LogP contribution < -0.4 is 5.32 Å². The highest BCUT2D eigenvalue weighted by Crippen LogP contribution is 2.16. The van der Waals surface area contributed by atoms with E-state index in [1.54, 1.807) is 12.3 Å². The highest BCUT2D eigenvalue weighted by Gasteiger charge is 2.13. The molecule has 0 saturated heterocycles. The van der Waals surface area contributed by atoms with Crippen molar-refractivity contribution in [2.24, 2.45) is 0 Å². The van der Waals surface area contributed by atoms with E-state index in [-0.39, 0.29) is 11.9 Å². The first-order valence-electron chi connectivity index (χ1n) is 6.89. The van der Waals surface area contributed by atoms with Gasteiger partial charge in [0.1, 0.15) is 5.82 Å². The van der Waals surface area contributed by atoms with E-state index >= 15 is 0 Å². The van der Waals surface area contributed by atoms with Gasteiger partial charge in [-0.2, -0.15) is 0 Å². The summed E-state index contributed by atoms with van der Waals surface area (Å²) in [5.74, 6) is 0.301. The molecule has 0 amide bonds. The summed E-state index contributed by atoms with van der Waals surface area (Å²) in [6.07, 6.45) is 1.69. The molecule has 0 heterocycles. The van der Waals surface area contributed by atoms with E-state index in [9.17, 15) is 8.60 Å². The molecule has 0 unspecified atom stereocenters. The molecule has 2 nitrogen and oxygen atoms in total. The Bertz CT molecular complexity index is 615. The second kappa shape index (κ2) is 7.48. The summed E-state index contributed by atoms with van der Waals surface area (Å²) < 4.78 is 25.3. The zero-order chi connectivity index (χ0) is 15.2. The van der Waals surface area contributed by atoms with Gasteiger partial charge in [-0.05, 0) is 18.6 Å². The van der Waals surface area contributed by atoms with Crippen LogP contribution in [0.4, 0.5) is 4.39 Å². The van der Waals surface area contributed by atoms with Gasteiger partial charge in [0.25, 0.3) is 0 Å². The zero-order valence-corrected chi connectivity index (χ0v) is 13.1. The lowest BCUT2D eigenvalue weighted by molar-refractivity contribution is 0.544. The number of hydrogen-bond acceptors (Lipinski definition) is 2. The zero-order valence-electron chi connectivity index (χ0n) is 12.3. The molecule has 21 heavy (non-hydrogen) atoms.